The number of nitrogens with one attached hydrogen (secondary N) is 3. The van der Waals surface area contributed by atoms with E-state index >= 15 is 0 Å². The van der Waals surface area contributed by atoms with Crippen LogP contribution in [-0.4, -0.2) is 39.4 Å². The molecule has 5 aromatic rings. The molecule has 0 saturated heterocycles. The van der Waals surface area contributed by atoms with Gasteiger partial charge in [0, 0.05) is 29.4 Å². The number of fused-ring (bicyclic) bond motifs is 3. The molecule has 0 bridgehead atoms. The van der Waals surface area contributed by atoms with Gasteiger partial charge in [-0.1, -0.05) is 6.07 Å². The molecule has 0 aliphatic heterocycles. The fourth-order valence-electron chi connectivity index (χ4n) is 3.84. The predicted molar refractivity (Wildman–Crippen MR) is 131 cm³/mol. The molecule has 0 aliphatic rings. The average Bonchev–Trinajstić information content (AvgIpc) is 3.23. The number of hydrogen-bond acceptors (Lipinski definition) is 8. The molecule has 0 fully saturated rings. The van der Waals surface area contributed by atoms with Gasteiger partial charge in [0.2, 0.25) is 0 Å². The van der Waals surface area contributed by atoms with Crippen molar-refractivity contribution in [2.24, 2.45) is 0 Å². The molecule has 5 rings (SSSR count). The van der Waals surface area contributed by atoms with Crippen LogP contribution in [0.1, 0.15) is 5.56 Å². The van der Waals surface area contributed by atoms with Crippen molar-refractivity contribution >= 4 is 39.1 Å². The van der Waals surface area contributed by atoms with Crippen LogP contribution in [0.2, 0.25) is 0 Å². The summed E-state index contributed by atoms with van der Waals surface area (Å²) in [6.07, 6.45) is 1.51. The zero-order valence-corrected chi connectivity index (χ0v) is 18.6. The van der Waals surface area contributed by atoms with Crippen LogP contribution in [0.3, 0.4) is 0 Å². The topological polar surface area (TPSA) is 125 Å². The molecule has 0 atom stereocenters. The van der Waals surface area contributed by atoms with Gasteiger partial charge >= 0.3 is 0 Å². The number of aromatic nitrogens is 3. The van der Waals surface area contributed by atoms with Crippen molar-refractivity contribution in [2.45, 2.75) is 6.54 Å². The molecular weight excluding hydrogens is 434 g/mol. The van der Waals surface area contributed by atoms with Crippen LogP contribution in [0.15, 0.2) is 60.9 Å². The minimum Gasteiger partial charge on any atom is -0.504 e. The number of phenolic OH excluding ortho intramolecular Hbond substituents is 2. The van der Waals surface area contributed by atoms with E-state index in [1.165, 1.54) is 18.5 Å². The quantitative estimate of drug-likeness (QED) is 0.219. The molecule has 3 aromatic carbocycles. The fraction of sp³-hybridized carbons (Fsp3) is 0.120. The summed E-state index contributed by atoms with van der Waals surface area (Å²) in [6, 6.07) is 16.3. The van der Waals surface area contributed by atoms with Gasteiger partial charge in [0.1, 0.15) is 17.8 Å². The molecule has 2 aromatic heterocycles. The number of rotatable bonds is 7. The summed E-state index contributed by atoms with van der Waals surface area (Å²) in [5, 5.41) is 27.5. The molecule has 0 spiro atoms. The molecule has 9 nitrogen and oxygen atoms in total. The Morgan fingerprint density at radius 2 is 1.59 bits per heavy atom. The van der Waals surface area contributed by atoms with E-state index in [9.17, 15) is 10.2 Å². The van der Waals surface area contributed by atoms with Crippen molar-refractivity contribution in [1.29, 1.82) is 0 Å². The molecule has 0 radical (unpaired) electrons. The third-order valence-corrected chi connectivity index (χ3v) is 5.58. The molecule has 0 aliphatic carbocycles. The van der Waals surface area contributed by atoms with E-state index in [-0.39, 0.29) is 11.5 Å². The fourth-order valence-corrected chi connectivity index (χ4v) is 3.84. The number of nitrogens with zero attached hydrogens (tertiary/aromatic N) is 2. The van der Waals surface area contributed by atoms with Crippen LogP contribution < -0.4 is 20.1 Å². The van der Waals surface area contributed by atoms with Gasteiger partial charge in [-0.25, -0.2) is 9.97 Å². The maximum Gasteiger partial charge on any atom is 0.162 e. The maximum absolute atomic E-state index is 9.64. The van der Waals surface area contributed by atoms with Gasteiger partial charge in [-0.15, -0.1) is 0 Å². The van der Waals surface area contributed by atoms with Crippen molar-refractivity contribution < 1.29 is 19.7 Å². The third kappa shape index (κ3) is 3.95. The van der Waals surface area contributed by atoms with Crippen molar-refractivity contribution in [1.82, 2.24) is 15.0 Å². The summed E-state index contributed by atoms with van der Waals surface area (Å²) in [5.41, 5.74) is 4.21. The zero-order chi connectivity index (χ0) is 23.7. The smallest absolute Gasteiger partial charge is 0.162 e. The van der Waals surface area contributed by atoms with E-state index in [1.54, 1.807) is 20.3 Å². The van der Waals surface area contributed by atoms with Gasteiger partial charge < -0.3 is 35.3 Å². The van der Waals surface area contributed by atoms with E-state index in [0.29, 0.717) is 29.5 Å². The lowest BCUT2D eigenvalue weighted by Crippen LogP contribution is -2.00. The number of benzene rings is 3. The highest BCUT2D eigenvalue weighted by Gasteiger charge is 2.15. The number of anilines is 3. The van der Waals surface area contributed by atoms with Crippen molar-refractivity contribution in [3.05, 3.63) is 66.5 Å². The first-order valence-corrected chi connectivity index (χ1v) is 10.6. The zero-order valence-electron chi connectivity index (χ0n) is 18.6. The predicted octanol–water partition coefficient (Wildman–Crippen LogP) is 4.90. The number of methoxy groups -OCH3 is 2. The largest absolute Gasteiger partial charge is 0.504 e. The Bertz CT molecular complexity index is 1480. The normalized spacial score (nSPS) is 11.0. The van der Waals surface area contributed by atoms with Crippen LogP contribution in [0.5, 0.6) is 23.0 Å². The first-order valence-electron chi connectivity index (χ1n) is 10.6. The summed E-state index contributed by atoms with van der Waals surface area (Å²) in [4.78, 5) is 12.2. The second-order valence-corrected chi connectivity index (χ2v) is 7.70. The Kier molecular flexibility index (Phi) is 5.43. The van der Waals surface area contributed by atoms with E-state index < -0.39 is 0 Å². The highest BCUT2D eigenvalue weighted by Crippen LogP contribution is 2.37. The van der Waals surface area contributed by atoms with E-state index in [4.69, 9.17) is 9.47 Å². The number of phenols is 2. The van der Waals surface area contributed by atoms with Crippen molar-refractivity contribution in [2.75, 3.05) is 24.9 Å². The van der Waals surface area contributed by atoms with Gasteiger partial charge in [0.25, 0.3) is 0 Å². The minimum atomic E-state index is -0.136. The van der Waals surface area contributed by atoms with Gasteiger partial charge in [0.15, 0.2) is 23.0 Å². The average molecular weight is 457 g/mol. The van der Waals surface area contributed by atoms with Crippen LogP contribution in [0, 0.1) is 0 Å². The van der Waals surface area contributed by atoms with Crippen LogP contribution in [-0.2, 0) is 6.54 Å². The molecule has 34 heavy (non-hydrogen) atoms. The molecule has 0 amide bonds. The van der Waals surface area contributed by atoms with E-state index in [0.717, 1.165) is 33.2 Å². The van der Waals surface area contributed by atoms with Crippen molar-refractivity contribution in [3.63, 3.8) is 0 Å². The summed E-state index contributed by atoms with van der Waals surface area (Å²) in [5.74, 6) is 1.66. The second kappa shape index (κ2) is 8.70. The number of aromatic hydroxyl groups is 2. The molecule has 9 heteroatoms. The Hall–Kier alpha value is -4.66. The molecule has 0 saturated carbocycles. The van der Waals surface area contributed by atoms with E-state index in [2.05, 4.69) is 25.6 Å². The number of hydrogen-bond donors (Lipinski definition) is 5. The number of aromatic amines is 1. The minimum absolute atomic E-state index is 0.134. The van der Waals surface area contributed by atoms with Gasteiger partial charge in [-0.3, -0.25) is 0 Å². The summed E-state index contributed by atoms with van der Waals surface area (Å²) in [7, 11) is 3.21. The van der Waals surface area contributed by atoms with E-state index in [1.807, 2.05) is 36.4 Å². The van der Waals surface area contributed by atoms with Crippen LogP contribution >= 0.6 is 0 Å². The Labute approximate surface area is 195 Å². The lowest BCUT2D eigenvalue weighted by Gasteiger charge is -2.10. The lowest BCUT2D eigenvalue weighted by molar-refractivity contribution is 0.356. The molecule has 5 N–H and O–H groups in total. The molecule has 172 valence electrons. The molecular formula is C25H23N5O4. The Balaban J connectivity index is 1.39. The third-order valence-electron chi connectivity index (χ3n) is 5.58. The van der Waals surface area contributed by atoms with Gasteiger partial charge in [-0.05, 0) is 48.0 Å². The highest BCUT2D eigenvalue weighted by atomic mass is 16.5. The summed E-state index contributed by atoms with van der Waals surface area (Å²) in [6.45, 7) is 0.508. The highest BCUT2D eigenvalue weighted by molar-refractivity contribution is 6.12. The summed E-state index contributed by atoms with van der Waals surface area (Å²) < 4.78 is 10.9. The van der Waals surface area contributed by atoms with Gasteiger partial charge in [0.05, 0.1) is 25.1 Å². The van der Waals surface area contributed by atoms with Crippen LogP contribution in [0.4, 0.5) is 17.2 Å². The summed E-state index contributed by atoms with van der Waals surface area (Å²) >= 11 is 0. The SMILES string of the molecule is COc1cc2[nH]c3ncnc(Nc4ccc(NCc5ccc(O)c(O)c5)cc4)c3c2cc1OC. The monoisotopic (exact) mass is 457 g/mol. The Morgan fingerprint density at radius 1 is 0.853 bits per heavy atom. The first-order chi connectivity index (χ1) is 16.6. The van der Waals surface area contributed by atoms with Crippen molar-refractivity contribution in [3.8, 4) is 23.0 Å². The van der Waals surface area contributed by atoms with Gasteiger partial charge in [-0.2, -0.15) is 0 Å². The number of ether oxygens (including phenoxy) is 2. The molecule has 2 heterocycles. The standard InChI is InChI=1S/C25H23N5O4/c1-33-21-10-17-18(11-22(21)34-2)30-25-23(17)24(27-13-28-25)29-16-6-4-15(5-7-16)26-12-14-3-8-19(31)20(32)9-14/h3-11,13,26,31-32H,12H2,1-2H3,(H2,27,28,29,30). The van der Waals surface area contributed by atoms with Crippen LogP contribution in [0.25, 0.3) is 21.9 Å². The molecule has 0 unspecified atom stereocenters. The number of H-pyrrole nitrogens is 1. The Morgan fingerprint density at radius 3 is 2.32 bits per heavy atom. The maximum atomic E-state index is 9.64. The first kappa shape index (κ1) is 21.2. The second-order valence-electron chi connectivity index (χ2n) is 7.70. The lowest BCUT2D eigenvalue weighted by atomic mass is 10.1.